The molecule has 2 nitrogen and oxygen atoms in total. The maximum Gasteiger partial charge on any atom is 0.306 e. The van der Waals surface area contributed by atoms with Crippen molar-refractivity contribution >= 4 is 17.3 Å². The number of carbonyl (C=O) groups excluding carboxylic acids is 1. The molecule has 0 aliphatic heterocycles. The Kier molecular flexibility index (Phi) is 5.40. The number of rotatable bonds is 6. The molecule has 15 heavy (non-hydrogen) atoms. The van der Waals surface area contributed by atoms with Gasteiger partial charge in [-0.3, -0.25) is 4.79 Å². The van der Waals surface area contributed by atoms with Crippen LogP contribution in [0.3, 0.4) is 0 Å². The average Bonchev–Trinajstić information content (AvgIpc) is 2.76. The minimum atomic E-state index is -0.0721. The summed E-state index contributed by atoms with van der Waals surface area (Å²) in [6, 6.07) is 4.12. The summed E-state index contributed by atoms with van der Waals surface area (Å²) in [5.74, 6) is 0.256. The fourth-order valence-electron chi connectivity index (χ4n) is 1.45. The number of thiophene rings is 1. The summed E-state index contributed by atoms with van der Waals surface area (Å²) >= 11 is 1.71. The van der Waals surface area contributed by atoms with E-state index >= 15 is 0 Å². The molecular formula is C12H18O2S. The number of hydrogen-bond acceptors (Lipinski definition) is 3. The van der Waals surface area contributed by atoms with Gasteiger partial charge in [0, 0.05) is 10.8 Å². The Labute approximate surface area is 95.3 Å². The zero-order valence-electron chi connectivity index (χ0n) is 9.36. The molecule has 0 fully saturated rings. The molecule has 0 aliphatic carbocycles. The maximum absolute atomic E-state index is 11.4. The molecule has 0 bridgehead atoms. The van der Waals surface area contributed by atoms with Crippen LogP contribution in [0.25, 0.3) is 0 Å². The van der Waals surface area contributed by atoms with E-state index in [-0.39, 0.29) is 5.97 Å². The van der Waals surface area contributed by atoms with E-state index in [0.717, 1.165) is 12.8 Å². The lowest BCUT2D eigenvalue weighted by atomic mass is 10.0. The standard InChI is InChI=1S/C12H18O2S/c1-3-7-14-12(13)9-10(4-2)11-6-5-8-15-11/h5-6,8,10H,3-4,7,9H2,1-2H3. The van der Waals surface area contributed by atoms with E-state index < -0.39 is 0 Å². The van der Waals surface area contributed by atoms with Gasteiger partial charge in [0.2, 0.25) is 0 Å². The van der Waals surface area contributed by atoms with E-state index in [9.17, 15) is 4.79 Å². The molecule has 0 spiro atoms. The normalized spacial score (nSPS) is 12.4. The number of hydrogen-bond donors (Lipinski definition) is 0. The van der Waals surface area contributed by atoms with Gasteiger partial charge in [-0.2, -0.15) is 0 Å². The summed E-state index contributed by atoms with van der Waals surface area (Å²) in [5, 5.41) is 2.05. The van der Waals surface area contributed by atoms with Crippen LogP contribution in [-0.4, -0.2) is 12.6 Å². The van der Waals surface area contributed by atoms with Crippen molar-refractivity contribution < 1.29 is 9.53 Å². The van der Waals surface area contributed by atoms with Crippen LogP contribution < -0.4 is 0 Å². The molecule has 1 aromatic heterocycles. The van der Waals surface area contributed by atoms with E-state index in [0.29, 0.717) is 18.9 Å². The van der Waals surface area contributed by atoms with Crippen molar-refractivity contribution in [2.45, 2.75) is 39.0 Å². The van der Waals surface area contributed by atoms with Gasteiger partial charge in [0.25, 0.3) is 0 Å². The molecule has 1 unspecified atom stereocenters. The third kappa shape index (κ3) is 4.04. The van der Waals surface area contributed by atoms with Crippen molar-refractivity contribution in [1.82, 2.24) is 0 Å². The second kappa shape index (κ2) is 6.62. The lowest BCUT2D eigenvalue weighted by Crippen LogP contribution is -2.09. The molecule has 0 aliphatic rings. The molecule has 84 valence electrons. The van der Waals surface area contributed by atoms with Crippen molar-refractivity contribution in [3.8, 4) is 0 Å². The van der Waals surface area contributed by atoms with Gasteiger partial charge in [-0.1, -0.05) is 19.9 Å². The highest BCUT2D eigenvalue weighted by Gasteiger charge is 2.15. The Hall–Kier alpha value is -0.830. The first-order valence-corrected chi connectivity index (χ1v) is 6.34. The summed E-state index contributed by atoms with van der Waals surface area (Å²) in [6.45, 7) is 4.65. The number of esters is 1. The fourth-order valence-corrected chi connectivity index (χ4v) is 2.36. The lowest BCUT2D eigenvalue weighted by molar-refractivity contribution is -0.144. The minimum Gasteiger partial charge on any atom is -0.466 e. The largest absolute Gasteiger partial charge is 0.466 e. The van der Waals surface area contributed by atoms with Crippen LogP contribution in [0.4, 0.5) is 0 Å². The highest BCUT2D eigenvalue weighted by molar-refractivity contribution is 7.10. The minimum absolute atomic E-state index is 0.0721. The Bertz CT molecular complexity index is 280. The van der Waals surface area contributed by atoms with Crippen LogP contribution in [0.1, 0.15) is 43.9 Å². The van der Waals surface area contributed by atoms with Gasteiger partial charge < -0.3 is 4.74 Å². The van der Waals surface area contributed by atoms with Crippen molar-refractivity contribution in [2.75, 3.05) is 6.61 Å². The topological polar surface area (TPSA) is 26.3 Å². The smallest absolute Gasteiger partial charge is 0.306 e. The second-order valence-corrected chi connectivity index (χ2v) is 4.52. The molecule has 0 radical (unpaired) electrons. The van der Waals surface area contributed by atoms with Crippen LogP contribution >= 0.6 is 11.3 Å². The fraction of sp³-hybridized carbons (Fsp3) is 0.583. The average molecular weight is 226 g/mol. The van der Waals surface area contributed by atoms with E-state index in [2.05, 4.69) is 18.4 Å². The third-order valence-corrected chi connectivity index (χ3v) is 3.35. The van der Waals surface area contributed by atoms with E-state index in [4.69, 9.17) is 4.74 Å². The maximum atomic E-state index is 11.4. The monoisotopic (exact) mass is 226 g/mol. The molecule has 0 saturated carbocycles. The van der Waals surface area contributed by atoms with Crippen molar-refractivity contribution in [3.05, 3.63) is 22.4 Å². The van der Waals surface area contributed by atoms with Crippen molar-refractivity contribution in [1.29, 1.82) is 0 Å². The van der Waals surface area contributed by atoms with E-state index in [1.165, 1.54) is 4.88 Å². The van der Waals surface area contributed by atoms with Crippen LogP contribution in [0.15, 0.2) is 17.5 Å². The first-order chi connectivity index (χ1) is 7.27. The predicted molar refractivity (Wildman–Crippen MR) is 63.2 cm³/mol. The Morgan fingerprint density at radius 2 is 2.33 bits per heavy atom. The Morgan fingerprint density at radius 1 is 1.53 bits per heavy atom. The lowest BCUT2D eigenvalue weighted by Gasteiger charge is -2.11. The quantitative estimate of drug-likeness (QED) is 0.693. The predicted octanol–water partition coefficient (Wildman–Crippen LogP) is 3.59. The summed E-state index contributed by atoms with van der Waals surface area (Å²) in [6.07, 6.45) is 2.39. The van der Waals surface area contributed by atoms with Gasteiger partial charge in [0.1, 0.15) is 0 Å². The summed E-state index contributed by atoms with van der Waals surface area (Å²) in [7, 11) is 0. The molecular weight excluding hydrogens is 208 g/mol. The first-order valence-electron chi connectivity index (χ1n) is 5.47. The van der Waals surface area contributed by atoms with Crippen molar-refractivity contribution in [2.24, 2.45) is 0 Å². The van der Waals surface area contributed by atoms with Gasteiger partial charge in [0.05, 0.1) is 13.0 Å². The zero-order valence-corrected chi connectivity index (χ0v) is 10.2. The van der Waals surface area contributed by atoms with Gasteiger partial charge in [0.15, 0.2) is 0 Å². The Morgan fingerprint density at radius 3 is 2.87 bits per heavy atom. The summed E-state index contributed by atoms with van der Waals surface area (Å²) in [5.41, 5.74) is 0. The molecule has 1 heterocycles. The van der Waals surface area contributed by atoms with Gasteiger partial charge in [-0.05, 0) is 24.3 Å². The molecule has 1 atom stereocenters. The number of carbonyl (C=O) groups is 1. The second-order valence-electron chi connectivity index (χ2n) is 3.55. The highest BCUT2D eigenvalue weighted by Crippen LogP contribution is 2.27. The zero-order chi connectivity index (χ0) is 11.1. The van der Waals surface area contributed by atoms with Crippen LogP contribution in [0.2, 0.25) is 0 Å². The molecule has 0 N–H and O–H groups in total. The van der Waals surface area contributed by atoms with Gasteiger partial charge in [-0.15, -0.1) is 11.3 Å². The molecule has 0 amide bonds. The number of ether oxygens (including phenoxy) is 1. The van der Waals surface area contributed by atoms with Crippen LogP contribution in [0, 0.1) is 0 Å². The molecule has 1 aromatic rings. The van der Waals surface area contributed by atoms with Crippen LogP contribution in [0.5, 0.6) is 0 Å². The SMILES string of the molecule is CCCOC(=O)CC(CC)c1cccs1. The molecule has 0 saturated heterocycles. The van der Waals surface area contributed by atoms with E-state index in [1.807, 2.05) is 13.0 Å². The molecule has 1 rings (SSSR count). The molecule has 0 aromatic carbocycles. The van der Waals surface area contributed by atoms with Crippen LogP contribution in [-0.2, 0) is 9.53 Å². The van der Waals surface area contributed by atoms with Gasteiger partial charge in [-0.25, -0.2) is 0 Å². The molecule has 3 heteroatoms. The summed E-state index contributed by atoms with van der Waals surface area (Å²) < 4.78 is 5.09. The first kappa shape index (κ1) is 12.2. The Balaban J connectivity index is 2.44. The van der Waals surface area contributed by atoms with Crippen molar-refractivity contribution in [3.63, 3.8) is 0 Å². The van der Waals surface area contributed by atoms with Gasteiger partial charge >= 0.3 is 5.97 Å². The summed E-state index contributed by atoms with van der Waals surface area (Å²) in [4.78, 5) is 12.7. The third-order valence-electron chi connectivity index (χ3n) is 2.32. The highest BCUT2D eigenvalue weighted by atomic mass is 32.1. The van der Waals surface area contributed by atoms with E-state index in [1.54, 1.807) is 11.3 Å².